The Morgan fingerprint density at radius 3 is 2.19 bits per heavy atom. The largest absolute Gasteiger partial charge is 0.416 e. The number of nitrogen functional groups attached to an aromatic ring is 1. The lowest BCUT2D eigenvalue weighted by molar-refractivity contribution is -0.138. The van der Waals surface area contributed by atoms with Crippen LogP contribution in [0.1, 0.15) is 11.1 Å². The SMILES string of the molecule is Nc1ccc(CS(=O)(=O)c2ccccc2)c(C(F)(F)F)c1. The number of hydrogen-bond donors (Lipinski definition) is 1. The van der Waals surface area contributed by atoms with Gasteiger partial charge in [0.2, 0.25) is 0 Å². The highest BCUT2D eigenvalue weighted by molar-refractivity contribution is 7.90. The average molecular weight is 315 g/mol. The second-order valence-electron chi connectivity index (χ2n) is 4.49. The first-order valence-electron chi connectivity index (χ1n) is 5.93. The van der Waals surface area contributed by atoms with Crippen LogP contribution in [0.2, 0.25) is 0 Å². The van der Waals surface area contributed by atoms with Gasteiger partial charge in [0.05, 0.1) is 16.2 Å². The van der Waals surface area contributed by atoms with Gasteiger partial charge in [0.25, 0.3) is 0 Å². The molecule has 0 aliphatic heterocycles. The van der Waals surface area contributed by atoms with Crippen molar-refractivity contribution in [3.63, 3.8) is 0 Å². The lowest BCUT2D eigenvalue weighted by Crippen LogP contribution is -2.13. The van der Waals surface area contributed by atoms with Crippen LogP contribution >= 0.6 is 0 Å². The minimum atomic E-state index is -4.66. The molecule has 0 aliphatic carbocycles. The molecule has 3 nitrogen and oxygen atoms in total. The highest BCUT2D eigenvalue weighted by atomic mass is 32.2. The molecule has 0 atom stereocenters. The van der Waals surface area contributed by atoms with Gasteiger partial charge in [-0.1, -0.05) is 24.3 Å². The van der Waals surface area contributed by atoms with E-state index in [4.69, 9.17) is 5.73 Å². The van der Waals surface area contributed by atoms with Crippen LogP contribution in [0.5, 0.6) is 0 Å². The van der Waals surface area contributed by atoms with Gasteiger partial charge in [-0.25, -0.2) is 8.42 Å². The van der Waals surface area contributed by atoms with Gasteiger partial charge in [-0.05, 0) is 29.8 Å². The Morgan fingerprint density at radius 1 is 1.00 bits per heavy atom. The van der Waals surface area contributed by atoms with E-state index in [-0.39, 0.29) is 16.1 Å². The summed E-state index contributed by atoms with van der Waals surface area (Å²) in [6, 6.07) is 10.4. The predicted molar refractivity (Wildman–Crippen MR) is 73.2 cm³/mol. The fourth-order valence-electron chi connectivity index (χ4n) is 1.90. The van der Waals surface area contributed by atoms with E-state index in [9.17, 15) is 21.6 Å². The molecule has 2 N–H and O–H groups in total. The standard InChI is InChI=1S/C14H12F3NO2S/c15-14(16,17)13-8-11(18)7-6-10(13)9-21(19,20)12-4-2-1-3-5-12/h1-8H,9,18H2. The lowest BCUT2D eigenvalue weighted by Gasteiger charge is -2.14. The molecule has 2 aromatic carbocycles. The van der Waals surface area contributed by atoms with Crippen molar-refractivity contribution in [2.45, 2.75) is 16.8 Å². The highest BCUT2D eigenvalue weighted by Crippen LogP contribution is 2.34. The maximum atomic E-state index is 13.0. The average Bonchev–Trinajstić information content (AvgIpc) is 2.40. The first kappa shape index (κ1) is 15.4. The Balaban J connectivity index is 2.45. The van der Waals surface area contributed by atoms with E-state index in [1.54, 1.807) is 6.07 Å². The van der Waals surface area contributed by atoms with Gasteiger partial charge < -0.3 is 5.73 Å². The number of sulfone groups is 1. The second-order valence-corrected chi connectivity index (χ2v) is 6.48. The van der Waals surface area contributed by atoms with Crippen molar-refractivity contribution in [2.75, 3.05) is 5.73 Å². The number of benzene rings is 2. The molecule has 0 unspecified atom stereocenters. The number of anilines is 1. The van der Waals surface area contributed by atoms with Crippen LogP contribution in [0.15, 0.2) is 53.4 Å². The Morgan fingerprint density at radius 2 is 1.62 bits per heavy atom. The summed E-state index contributed by atoms with van der Waals surface area (Å²) in [6.45, 7) is 0. The van der Waals surface area contributed by atoms with E-state index in [2.05, 4.69) is 0 Å². The zero-order chi connectivity index (χ0) is 15.7. The third-order valence-corrected chi connectivity index (χ3v) is 4.57. The topological polar surface area (TPSA) is 60.2 Å². The van der Waals surface area contributed by atoms with Crippen LogP contribution in [-0.2, 0) is 21.8 Å². The van der Waals surface area contributed by atoms with E-state index in [1.807, 2.05) is 0 Å². The van der Waals surface area contributed by atoms with Crippen molar-refractivity contribution in [3.8, 4) is 0 Å². The molecular formula is C14H12F3NO2S. The molecule has 0 radical (unpaired) electrons. The summed E-state index contributed by atoms with van der Waals surface area (Å²) in [5.41, 5.74) is 3.94. The highest BCUT2D eigenvalue weighted by Gasteiger charge is 2.34. The van der Waals surface area contributed by atoms with Crippen LogP contribution in [0.4, 0.5) is 18.9 Å². The first-order chi connectivity index (χ1) is 9.70. The van der Waals surface area contributed by atoms with Gasteiger partial charge in [-0.3, -0.25) is 0 Å². The lowest BCUT2D eigenvalue weighted by atomic mass is 10.1. The van der Waals surface area contributed by atoms with Crippen molar-refractivity contribution in [1.82, 2.24) is 0 Å². The summed E-state index contributed by atoms with van der Waals surface area (Å²) in [4.78, 5) is -0.0186. The molecule has 21 heavy (non-hydrogen) atoms. The smallest absolute Gasteiger partial charge is 0.399 e. The van der Waals surface area contributed by atoms with Crippen LogP contribution in [0.25, 0.3) is 0 Å². The van der Waals surface area contributed by atoms with Crippen molar-refractivity contribution < 1.29 is 21.6 Å². The molecule has 0 saturated carbocycles. The maximum Gasteiger partial charge on any atom is 0.416 e. The van der Waals surface area contributed by atoms with Crippen LogP contribution in [0.3, 0.4) is 0 Å². The molecule has 112 valence electrons. The summed E-state index contributed by atoms with van der Waals surface area (Å²) in [5, 5.41) is 0. The Kier molecular flexibility index (Phi) is 3.95. The molecule has 0 fully saturated rings. The van der Waals surface area contributed by atoms with Gasteiger partial charge in [0.1, 0.15) is 0 Å². The molecule has 0 saturated heterocycles. The number of halogens is 3. The quantitative estimate of drug-likeness (QED) is 0.884. The normalized spacial score (nSPS) is 12.3. The van der Waals surface area contributed by atoms with Gasteiger partial charge in [-0.15, -0.1) is 0 Å². The van der Waals surface area contributed by atoms with Gasteiger partial charge in [-0.2, -0.15) is 13.2 Å². The van der Waals surface area contributed by atoms with E-state index in [0.717, 1.165) is 12.1 Å². The van der Waals surface area contributed by atoms with E-state index in [0.29, 0.717) is 0 Å². The Bertz CT molecular complexity index is 741. The molecule has 0 amide bonds. The number of nitrogens with two attached hydrogens (primary N) is 1. The minimum Gasteiger partial charge on any atom is -0.399 e. The molecule has 0 heterocycles. The van der Waals surface area contributed by atoms with Crippen molar-refractivity contribution in [2.24, 2.45) is 0 Å². The molecule has 0 spiro atoms. The second kappa shape index (κ2) is 5.40. The maximum absolute atomic E-state index is 13.0. The van der Waals surface area contributed by atoms with Gasteiger partial charge >= 0.3 is 6.18 Å². The summed E-state index contributed by atoms with van der Waals surface area (Å²) in [6.07, 6.45) is -4.66. The Labute approximate surface area is 120 Å². The zero-order valence-corrected chi connectivity index (χ0v) is 11.6. The zero-order valence-electron chi connectivity index (χ0n) is 10.8. The predicted octanol–water partition coefficient (Wildman–Crippen LogP) is 3.26. The van der Waals surface area contributed by atoms with Crippen molar-refractivity contribution >= 4 is 15.5 Å². The summed E-state index contributed by atoms with van der Waals surface area (Å²) in [5.74, 6) is -0.730. The van der Waals surface area contributed by atoms with E-state index < -0.39 is 27.3 Å². The number of alkyl halides is 3. The molecule has 2 aromatic rings. The van der Waals surface area contributed by atoms with Crippen LogP contribution < -0.4 is 5.73 Å². The number of hydrogen-bond acceptors (Lipinski definition) is 3. The van der Waals surface area contributed by atoms with Crippen molar-refractivity contribution in [3.05, 3.63) is 59.7 Å². The number of rotatable bonds is 3. The van der Waals surface area contributed by atoms with Gasteiger partial charge in [0, 0.05) is 5.69 Å². The minimum absolute atomic E-state index is 0.0186. The van der Waals surface area contributed by atoms with E-state index in [1.165, 1.54) is 30.3 Å². The fraction of sp³-hybridized carbons (Fsp3) is 0.143. The first-order valence-corrected chi connectivity index (χ1v) is 7.59. The summed E-state index contributed by atoms with van der Waals surface area (Å²) < 4.78 is 63.2. The molecule has 0 bridgehead atoms. The molecular weight excluding hydrogens is 303 g/mol. The summed E-state index contributed by atoms with van der Waals surface area (Å²) >= 11 is 0. The van der Waals surface area contributed by atoms with Crippen LogP contribution in [-0.4, -0.2) is 8.42 Å². The van der Waals surface area contributed by atoms with E-state index >= 15 is 0 Å². The molecule has 0 aliphatic rings. The fourth-order valence-corrected chi connectivity index (χ4v) is 3.30. The summed E-state index contributed by atoms with van der Waals surface area (Å²) in [7, 11) is -3.85. The monoisotopic (exact) mass is 315 g/mol. The third kappa shape index (κ3) is 3.55. The van der Waals surface area contributed by atoms with Gasteiger partial charge in [0.15, 0.2) is 9.84 Å². The molecule has 7 heteroatoms. The molecule has 0 aromatic heterocycles. The Hall–Kier alpha value is -2.02. The van der Waals surface area contributed by atoms with Crippen molar-refractivity contribution in [1.29, 1.82) is 0 Å². The molecule has 2 rings (SSSR count). The van der Waals surface area contributed by atoms with Crippen LogP contribution in [0, 0.1) is 0 Å². The third-order valence-electron chi connectivity index (χ3n) is 2.89.